The van der Waals surface area contributed by atoms with Gasteiger partial charge in [0.05, 0.1) is 17.0 Å². The Kier molecular flexibility index (Phi) is 6.60. The lowest BCUT2D eigenvalue weighted by atomic mass is 10.1. The molecule has 26 heavy (non-hydrogen) atoms. The second-order valence-electron chi connectivity index (χ2n) is 5.78. The van der Waals surface area contributed by atoms with Crippen LogP contribution in [0.3, 0.4) is 0 Å². The molecule has 0 aliphatic rings. The lowest BCUT2D eigenvalue weighted by molar-refractivity contribution is -0.116. The van der Waals surface area contributed by atoms with Crippen LogP contribution in [0.25, 0.3) is 0 Å². The molecule has 0 bridgehead atoms. The van der Waals surface area contributed by atoms with E-state index < -0.39 is 22.0 Å². The van der Waals surface area contributed by atoms with Gasteiger partial charge < -0.3 is 5.32 Å². The summed E-state index contributed by atoms with van der Waals surface area (Å²) in [7, 11) is -3.73. The van der Waals surface area contributed by atoms with Crippen molar-refractivity contribution in [2.45, 2.75) is 19.9 Å². The fraction of sp³-hybridized carbons (Fsp3) is 0.235. The van der Waals surface area contributed by atoms with Crippen LogP contribution < -0.4 is 9.62 Å². The first-order valence-corrected chi connectivity index (χ1v) is 10.9. The van der Waals surface area contributed by atoms with Crippen LogP contribution in [0.15, 0.2) is 40.9 Å². The Hall–Kier alpha value is -1.28. The molecule has 0 spiro atoms. The number of hydrogen-bond acceptors (Lipinski definition) is 3. The summed E-state index contributed by atoms with van der Waals surface area (Å²) in [5.74, 6) is -0.492. The van der Waals surface area contributed by atoms with E-state index in [4.69, 9.17) is 23.2 Å². The number of nitrogens with zero attached hydrogens (tertiary/aromatic N) is 1. The third-order valence-corrected chi connectivity index (χ3v) is 6.38. The topological polar surface area (TPSA) is 66.5 Å². The molecule has 2 rings (SSSR count). The number of nitrogens with one attached hydrogen (secondary N) is 1. The molecular formula is C17H17BrCl2N2O3S. The number of rotatable bonds is 5. The Labute approximate surface area is 171 Å². The highest BCUT2D eigenvalue weighted by Crippen LogP contribution is 2.29. The second-order valence-corrected chi connectivity index (χ2v) is 9.34. The number of sulfonamides is 1. The first kappa shape index (κ1) is 21.0. The summed E-state index contributed by atoms with van der Waals surface area (Å²) in [5.41, 5.74) is 1.51. The van der Waals surface area contributed by atoms with Crippen LogP contribution in [-0.4, -0.2) is 26.6 Å². The second kappa shape index (κ2) is 8.17. The molecule has 1 amide bonds. The maximum atomic E-state index is 12.7. The van der Waals surface area contributed by atoms with E-state index in [2.05, 4.69) is 21.2 Å². The summed E-state index contributed by atoms with van der Waals surface area (Å²) < 4.78 is 26.5. The Morgan fingerprint density at radius 1 is 1.19 bits per heavy atom. The minimum atomic E-state index is -3.73. The Morgan fingerprint density at radius 3 is 2.42 bits per heavy atom. The summed E-state index contributed by atoms with van der Waals surface area (Å²) in [6, 6.07) is 8.83. The molecule has 1 N–H and O–H groups in total. The standard InChI is InChI=1S/C17H17BrCl2N2O3S/c1-10-4-5-12(19)8-16(10)22(26(3,24)25)11(2)17(23)21-13-6-7-14(18)15(20)9-13/h4-9,11H,1-3H3,(H,21,23)/t11-/m0/s1. The maximum Gasteiger partial charge on any atom is 0.247 e. The van der Waals surface area contributed by atoms with Gasteiger partial charge >= 0.3 is 0 Å². The zero-order valence-corrected chi connectivity index (χ0v) is 18.2. The number of aryl methyl sites for hydroxylation is 1. The average molecular weight is 480 g/mol. The van der Waals surface area contributed by atoms with E-state index in [1.54, 1.807) is 37.3 Å². The van der Waals surface area contributed by atoms with Gasteiger partial charge in [-0.3, -0.25) is 9.10 Å². The molecule has 0 aliphatic heterocycles. The van der Waals surface area contributed by atoms with Crippen LogP contribution in [-0.2, 0) is 14.8 Å². The molecule has 0 heterocycles. The maximum absolute atomic E-state index is 12.7. The van der Waals surface area contributed by atoms with Gasteiger partial charge in [0.1, 0.15) is 6.04 Å². The molecule has 9 heteroatoms. The SMILES string of the molecule is Cc1ccc(Cl)cc1N([C@@H](C)C(=O)Nc1ccc(Br)c(Cl)c1)S(C)(=O)=O. The van der Waals surface area contributed by atoms with Crippen molar-refractivity contribution in [3.8, 4) is 0 Å². The lowest BCUT2D eigenvalue weighted by Crippen LogP contribution is -2.45. The molecule has 0 aliphatic carbocycles. The highest BCUT2D eigenvalue weighted by atomic mass is 79.9. The molecule has 0 radical (unpaired) electrons. The van der Waals surface area contributed by atoms with Crippen LogP contribution in [0.2, 0.25) is 10.0 Å². The predicted octanol–water partition coefficient (Wildman–Crippen LogP) is 4.86. The van der Waals surface area contributed by atoms with E-state index in [1.165, 1.54) is 13.0 Å². The van der Waals surface area contributed by atoms with E-state index >= 15 is 0 Å². The number of carbonyl (C=O) groups excluding carboxylic acids is 1. The number of hydrogen-bond donors (Lipinski definition) is 1. The molecule has 5 nitrogen and oxygen atoms in total. The molecular weight excluding hydrogens is 463 g/mol. The van der Waals surface area contributed by atoms with Crippen molar-refractivity contribution in [1.82, 2.24) is 0 Å². The average Bonchev–Trinajstić information content (AvgIpc) is 2.53. The van der Waals surface area contributed by atoms with Crippen molar-refractivity contribution < 1.29 is 13.2 Å². The number of amides is 1. The summed E-state index contributed by atoms with van der Waals surface area (Å²) in [4.78, 5) is 12.7. The third kappa shape index (κ3) is 4.91. The van der Waals surface area contributed by atoms with Crippen LogP contribution in [0, 0.1) is 6.92 Å². The van der Waals surface area contributed by atoms with Gasteiger partial charge in [0.25, 0.3) is 0 Å². The first-order chi connectivity index (χ1) is 12.0. The van der Waals surface area contributed by atoms with Crippen LogP contribution in [0.4, 0.5) is 11.4 Å². The smallest absolute Gasteiger partial charge is 0.247 e. The van der Waals surface area contributed by atoms with Crippen molar-refractivity contribution in [3.63, 3.8) is 0 Å². The molecule has 2 aromatic carbocycles. The summed E-state index contributed by atoms with van der Waals surface area (Å²) in [5, 5.41) is 3.50. The Balaban J connectivity index is 2.37. The van der Waals surface area contributed by atoms with Crippen LogP contribution in [0.1, 0.15) is 12.5 Å². The summed E-state index contributed by atoms with van der Waals surface area (Å²) in [6.07, 6.45) is 1.05. The normalized spacial score (nSPS) is 12.5. The van der Waals surface area contributed by atoms with Crippen molar-refractivity contribution >= 4 is 66.4 Å². The highest BCUT2D eigenvalue weighted by Gasteiger charge is 2.30. The minimum Gasteiger partial charge on any atom is -0.324 e. The molecule has 0 fully saturated rings. The van der Waals surface area contributed by atoms with E-state index in [0.717, 1.165) is 10.6 Å². The Morgan fingerprint density at radius 2 is 1.85 bits per heavy atom. The van der Waals surface area contributed by atoms with Crippen molar-refractivity contribution in [2.75, 3.05) is 15.9 Å². The van der Waals surface area contributed by atoms with Crippen molar-refractivity contribution in [1.29, 1.82) is 0 Å². The summed E-state index contributed by atoms with van der Waals surface area (Å²) >= 11 is 15.3. The van der Waals surface area contributed by atoms with Gasteiger partial charge in [0, 0.05) is 15.2 Å². The lowest BCUT2D eigenvalue weighted by Gasteiger charge is -2.29. The molecule has 2 aromatic rings. The minimum absolute atomic E-state index is 0.358. The molecule has 1 atom stereocenters. The van der Waals surface area contributed by atoms with Crippen LogP contribution >= 0.6 is 39.1 Å². The summed E-state index contributed by atoms with van der Waals surface area (Å²) in [6.45, 7) is 3.26. The van der Waals surface area contributed by atoms with Gasteiger partial charge in [-0.1, -0.05) is 29.3 Å². The van der Waals surface area contributed by atoms with E-state index in [0.29, 0.717) is 31.5 Å². The molecule has 0 saturated heterocycles. The molecule has 0 aromatic heterocycles. The predicted molar refractivity (Wildman–Crippen MR) is 111 cm³/mol. The molecule has 140 valence electrons. The van der Waals surface area contributed by atoms with Gasteiger partial charge in [0.2, 0.25) is 15.9 Å². The number of benzene rings is 2. The third-order valence-electron chi connectivity index (χ3n) is 3.68. The Bertz CT molecular complexity index is 951. The fourth-order valence-corrected chi connectivity index (χ4v) is 4.24. The monoisotopic (exact) mass is 478 g/mol. The van der Waals surface area contributed by atoms with Gasteiger partial charge in [-0.25, -0.2) is 8.42 Å². The zero-order valence-electron chi connectivity index (χ0n) is 14.3. The van der Waals surface area contributed by atoms with E-state index in [1.807, 2.05) is 0 Å². The fourth-order valence-electron chi connectivity index (χ4n) is 2.42. The van der Waals surface area contributed by atoms with Gasteiger partial charge in [0.15, 0.2) is 0 Å². The number of halogens is 3. The van der Waals surface area contributed by atoms with Gasteiger partial charge in [-0.15, -0.1) is 0 Å². The zero-order chi connectivity index (χ0) is 19.6. The highest BCUT2D eigenvalue weighted by molar-refractivity contribution is 9.10. The number of anilines is 2. The first-order valence-electron chi connectivity index (χ1n) is 7.52. The number of carbonyl (C=O) groups is 1. The van der Waals surface area contributed by atoms with Gasteiger partial charge in [-0.05, 0) is 65.7 Å². The van der Waals surface area contributed by atoms with E-state index in [-0.39, 0.29) is 0 Å². The van der Waals surface area contributed by atoms with Crippen molar-refractivity contribution in [2.24, 2.45) is 0 Å². The van der Waals surface area contributed by atoms with E-state index in [9.17, 15) is 13.2 Å². The largest absolute Gasteiger partial charge is 0.324 e. The van der Waals surface area contributed by atoms with Crippen molar-refractivity contribution in [3.05, 3.63) is 56.5 Å². The quantitative estimate of drug-likeness (QED) is 0.665. The van der Waals surface area contributed by atoms with Crippen LogP contribution in [0.5, 0.6) is 0 Å². The van der Waals surface area contributed by atoms with Gasteiger partial charge in [-0.2, -0.15) is 0 Å². The molecule has 0 unspecified atom stereocenters. The molecule has 0 saturated carbocycles.